The van der Waals surface area contributed by atoms with Crippen LogP contribution < -0.4 is 5.73 Å². The summed E-state index contributed by atoms with van der Waals surface area (Å²) in [5.74, 6) is -0.823. The molecule has 0 unspecified atom stereocenters. The molecule has 8 heteroatoms. The van der Waals surface area contributed by atoms with E-state index in [-0.39, 0.29) is 10.6 Å². The first-order valence-electron chi connectivity index (χ1n) is 5.05. The Bertz CT molecular complexity index is 718. The second-order valence-electron chi connectivity index (χ2n) is 3.86. The van der Waals surface area contributed by atoms with Crippen LogP contribution in [0.2, 0.25) is 0 Å². The van der Waals surface area contributed by atoms with Crippen molar-refractivity contribution in [1.29, 1.82) is 0 Å². The van der Waals surface area contributed by atoms with E-state index in [1.54, 1.807) is 24.4 Å². The molecule has 2 N–H and O–H groups in total. The molecule has 0 fully saturated rings. The van der Waals surface area contributed by atoms with Gasteiger partial charge in [-0.3, -0.25) is 4.79 Å². The van der Waals surface area contributed by atoms with Gasteiger partial charge in [-0.1, -0.05) is 6.07 Å². The van der Waals surface area contributed by atoms with Gasteiger partial charge in [-0.2, -0.15) is 5.10 Å². The van der Waals surface area contributed by atoms with E-state index in [1.165, 1.54) is 18.6 Å². The standard InChI is InChI=1S/C10H12N4O3S/c1-13(2)18(16,17)10-8(9(11)15)7-5-3-4-6-14(7)12-10/h3-6H,1-2H3,(H2,11,15). The van der Waals surface area contributed by atoms with E-state index in [9.17, 15) is 13.2 Å². The summed E-state index contributed by atoms with van der Waals surface area (Å²) in [5, 5.41) is 3.59. The smallest absolute Gasteiger partial charge is 0.262 e. The maximum atomic E-state index is 12.1. The van der Waals surface area contributed by atoms with Crippen molar-refractivity contribution in [2.24, 2.45) is 5.73 Å². The monoisotopic (exact) mass is 268 g/mol. The Kier molecular flexibility index (Phi) is 2.83. The van der Waals surface area contributed by atoms with Crippen molar-refractivity contribution in [1.82, 2.24) is 13.9 Å². The molecule has 2 aromatic heterocycles. The average Bonchev–Trinajstić information content (AvgIpc) is 2.68. The number of nitrogens with two attached hydrogens (primary N) is 1. The van der Waals surface area contributed by atoms with Gasteiger partial charge >= 0.3 is 0 Å². The van der Waals surface area contributed by atoms with E-state index >= 15 is 0 Å². The lowest BCUT2D eigenvalue weighted by Gasteiger charge is -2.09. The fourth-order valence-electron chi connectivity index (χ4n) is 1.56. The van der Waals surface area contributed by atoms with Gasteiger partial charge in [-0.25, -0.2) is 17.2 Å². The molecule has 0 aliphatic heterocycles. The zero-order valence-corrected chi connectivity index (χ0v) is 10.7. The van der Waals surface area contributed by atoms with Crippen LogP contribution in [0.4, 0.5) is 0 Å². The predicted molar refractivity (Wildman–Crippen MR) is 64.6 cm³/mol. The number of aromatic nitrogens is 2. The molecule has 0 bridgehead atoms. The molecule has 0 spiro atoms. The van der Waals surface area contributed by atoms with Crippen molar-refractivity contribution in [3.05, 3.63) is 30.0 Å². The summed E-state index contributed by atoms with van der Waals surface area (Å²) >= 11 is 0. The van der Waals surface area contributed by atoms with Gasteiger partial charge in [-0.15, -0.1) is 0 Å². The van der Waals surface area contributed by atoms with Gasteiger partial charge in [0, 0.05) is 20.3 Å². The zero-order chi connectivity index (χ0) is 13.5. The minimum Gasteiger partial charge on any atom is -0.365 e. The van der Waals surface area contributed by atoms with E-state index in [4.69, 9.17) is 5.73 Å². The van der Waals surface area contributed by atoms with E-state index in [0.29, 0.717) is 5.52 Å². The number of pyridine rings is 1. The Morgan fingerprint density at radius 1 is 1.39 bits per heavy atom. The van der Waals surface area contributed by atoms with Crippen LogP contribution in [0.15, 0.2) is 29.4 Å². The molecular formula is C10H12N4O3S. The first-order chi connectivity index (χ1) is 8.35. The maximum Gasteiger partial charge on any atom is 0.262 e. The Labute approximate surface area is 104 Å². The quantitative estimate of drug-likeness (QED) is 0.825. The van der Waals surface area contributed by atoms with Crippen LogP contribution in [-0.4, -0.2) is 42.3 Å². The van der Waals surface area contributed by atoms with Crippen LogP contribution in [0.25, 0.3) is 5.52 Å². The molecule has 2 aromatic rings. The van der Waals surface area contributed by atoms with E-state index in [2.05, 4.69) is 5.10 Å². The van der Waals surface area contributed by atoms with Gasteiger partial charge in [0.2, 0.25) is 5.03 Å². The van der Waals surface area contributed by atoms with Gasteiger partial charge in [0.1, 0.15) is 5.56 Å². The van der Waals surface area contributed by atoms with Crippen molar-refractivity contribution >= 4 is 21.4 Å². The van der Waals surface area contributed by atoms with Crippen LogP contribution in [0, 0.1) is 0 Å². The van der Waals surface area contributed by atoms with Crippen LogP contribution in [0.1, 0.15) is 10.4 Å². The van der Waals surface area contributed by atoms with Gasteiger partial charge in [0.05, 0.1) is 5.52 Å². The summed E-state index contributed by atoms with van der Waals surface area (Å²) in [6.45, 7) is 0. The Morgan fingerprint density at radius 3 is 2.61 bits per heavy atom. The number of carbonyl (C=O) groups is 1. The van der Waals surface area contributed by atoms with Crippen LogP contribution in [-0.2, 0) is 10.0 Å². The molecule has 0 radical (unpaired) electrons. The highest BCUT2D eigenvalue weighted by molar-refractivity contribution is 7.89. The molecule has 2 rings (SSSR count). The summed E-state index contributed by atoms with van der Waals surface area (Å²) in [6.07, 6.45) is 1.55. The fourth-order valence-corrected chi connectivity index (χ4v) is 2.56. The third-order valence-corrected chi connectivity index (χ3v) is 4.22. The number of hydrogen-bond acceptors (Lipinski definition) is 4. The van der Waals surface area contributed by atoms with Gasteiger partial charge < -0.3 is 5.73 Å². The lowest BCUT2D eigenvalue weighted by Crippen LogP contribution is -2.25. The second kappa shape index (κ2) is 4.07. The summed E-state index contributed by atoms with van der Waals surface area (Å²) in [5.41, 5.74) is 5.52. The second-order valence-corrected chi connectivity index (χ2v) is 5.93. The highest BCUT2D eigenvalue weighted by Gasteiger charge is 2.29. The molecule has 0 aromatic carbocycles. The van der Waals surface area contributed by atoms with Crippen molar-refractivity contribution in [3.8, 4) is 0 Å². The molecule has 0 saturated heterocycles. The number of nitrogens with zero attached hydrogens (tertiary/aromatic N) is 3. The molecule has 18 heavy (non-hydrogen) atoms. The fraction of sp³-hybridized carbons (Fsp3) is 0.200. The number of fused-ring (bicyclic) bond motifs is 1. The molecule has 0 aliphatic carbocycles. The SMILES string of the molecule is CN(C)S(=O)(=O)c1nn2ccccc2c1C(N)=O. The predicted octanol–water partition coefficient (Wildman–Crippen LogP) is -0.317. The zero-order valence-electron chi connectivity index (χ0n) is 9.86. The molecule has 0 aliphatic rings. The first-order valence-corrected chi connectivity index (χ1v) is 6.49. The van der Waals surface area contributed by atoms with Gasteiger partial charge in [0.25, 0.3) is 15.9 Å². The van der Waals surface area contributed by atoms with Crippen LogP contribution in [0.3, 0.4) is 0 Å². The number of sulfonamides is 1. The Morgan fingerprint density at radius 2 is 2.06 bits per heavy atom. The number of carbonyl (C=O) groups excluding carboxylic acids is 1. The first kappa shape index (κ1) is 12.5. The van der Waals surface area contributed by atoms with Crippen molar-refractivity contribution in [2.75, 3.05) is 14.1 Å². The van der Waals surface area contributed by atoms with E-state index in [1.807, 2.05) is 0 Å². The molecule has 96 valence electrons. The average molecular weight is 268 g/mol. The third-order valence-electron chi connectivity index (χ3n) is 2.48. The number of amides is 1. The van der Waals surface area contributed by atoms with Crippen molar-refractivity contribution < 1.29 is 13.2 Å². The molecule has 7 nitrogen and oxygen atoms in total. The van der Waals surface area contributed by atoms with E-state index < -0.39 is 15.9 Å². The van der Waals surface area contributed by atoms with Crippen molar-refractivity contribution in [3.63, 3.8) is 0 Å². The lowest BCUT2D eigenvalue weighted by atomic mass is 10.2. The summed E-state index contributed by atoms with van der Waals surface area (Å²) < 4.78 is 26.4. The van der Waals surface area contributed by atoms with Crippen LogP contribution in [0.5, 0.6) is 0 Å². The molecule has 0 saturated carbocycles. The minimum absolute atomic E-state index is 0.0932. The number of rotatable bonds is 3. The molecule has 1 amide bonds. The Hall–Kier alpha value is -1.93. The lowest BCUT2D eigenvalue weighted by molar-refractivity contribution is 0.0998. The number of hydrogen-bond donors (Lipinski definition) is 1. The molecule has 2 heterocycles. The summed E-state index contributed by atoms with van der Waals surface area (Å²) in [7, 11) is -1.08. The highest BCUT2D eigenvalue weighted by Crippen LogP contribution is 2.21. The largest absolute Gasteiger partial charge is 0.365 e. The molecule has 0 atom stereocenters. The van der Waals surface area contributed by atoms with Gasteiger partial charge in [-0.05, 0) is 12.1 Å². The number of primary amides is 1. The maximum absolute atomic E-state index is 12.1. The highest BCUT2D eigenvalue weighted by atomic mass is 32.2. The normalized spacial score (nSPS) is 12.2. The summed E-state index contributed by atoms with van der Waals surface area (Å²) in [6, 6.07) is 4.94. The van der Waals surface area contributed by atoms with Crippen molar-refractivity contribution in [2.45, 2.75) is 5.03 Å². The third kappa shape index (κ3) is 1.75. The summed E-state index contributed by atoms with van der Waals surface area (Å²) in [4.78, 5) is 11.5. The molecular weight excluding hydrogens is 256 g/mol. The topological polar surface area (TPSA) is 97.8 Å². The van der Waals surface area contributed by atoms with E-state index in [0.717, 1.165) is 4.31 Å². The Balaban J connectivity index is 2.88. The minimum atomic E-state index is -3.81. The van der Waals surface area contributed by atoms with Gasteiger partial charge in [0.15, 0.2) is 0 Å². The van der Waals surface area contributed by atoms with Crippen LogP contribution >= 0.6 is 0 Å².